The van der Waals surface area contributed by atoms with Gasteiger partial charge in [0.2, 0.25) is 0 Å². The Morgan fingerprint density at radius 2 is 2.00 bits per heavy atom. The van der Waals surface area contributed by atoms with Crippen molar-refractivity contribution >= 4 is 5.78 Å². The van der Waals surface area contributed by atoms with Crippen LogP contribution in [0.5, 0.6) is 0 Å². The molecule has 5 nitrogen and oxygen atoms in total. The minimum atomic E-state index is -0.797. The summed E-state index contributed by atoms with van der Waals surface area (Å²) in [7, 11) is 3.32. The Labute approximate surface area is 112 Å². The Kier molecular flexibility index (Phi) is 2.19. The molecule has 0 radical (unpaired) electrons. The number of carbonyl (C=O) groups is 1. The number of Topliss-reactive ketones (excluding diaryl/α,β-unsaturated/α-hetero) is 1. The van der Waals surface area contributed by atoms with Crippen molar-refractivity contribution in [3.8, 4) is 0 Å². The minimum absolute atomic E-state index is 0.104. The van der Waals surface area contributed by atoms with E-state index in [-0.39, 0.29) is 29.5 Å². The third-order valence-corrected chi connectivity index (χ3v) is 5.81. The summed E-state index contributed by atoms with van der Waals surface area (Å²) in [6, 6.07) is 0. The highest BCUT2D eigenvalue weighted by molar-refractivity contribution is 5.92. The number of rotatable bonds is 2. The van der Waals surface area contributed by atoms with Gasteiger partial charge in [-0.3, -0.25) is 4.79 Å². The van der Waals surface area contributed by atoms with E-state index in [9.17, 15) is 4.79 Å². The van der Waals surface area contributed by atoms with Crippen molar-refractivity contribution < 1.29 is 23.7 Å². The van der Waals surface area contributed by atoms with Gasteiger partial charge in [-0.1, -0.05) is 6.92 Å². The van der Waals surface area contributed by atoms with Crippen LogP contribution in [-0.2, 0) is 23.7 Å². The number of ketones is 1. The molecule has 4 fully saturated rings. The summed E-state index contributed by atoms with van der Waals surface area (Å²) in [6.45, 7) is 2.19. The largest absolute Gasteiger partial charge is 0.358 e. The molecule has 0 unspecified atom stereocenters. The van der Waals surface area contributed by atoms with Gasteiger partial charge in [-0.25, -0.2) is 0 Å². The molecule has 5 heteroatoms. The molecule has 0 N–H and O–H groups in total. The van der Waals surface area contributed by atoms with E-state index in [2.05, 4.69) is 6.92 Å². The Morgan fingerprint density at radius 3 is 2.68 bits per heavy atom. The van der Waals surface area contributed by atoms with Gasteiger partial charge in [0.25, 0.3) is 0 Å². The number of hydrogen-bond acceptors (Lipinski definition) is 5. The molecule has 1 saturated carbocycles. The maximum absolute atomic E-state index is 12.2. The van der Waals surface area contributed by atoms with E-state index in [0.717, 1.165) is 25.7 Å². The summed E-state index contributed by atoms with van der Waals surface area (Å²) in [6.07, 6.45) is 2.72. The first-order valence-electron chi connectivity index (χ1n) is 7.01. The fourth-order valence-electron chi connectivity index (χ4n) is 4.90. The molecule has 5 atom stereocenters. The highest BCUT2D eigenvalue weighted by atomic mass is 16.7. The predicted octanol–water partition coefficient (Wildman–Crippen LogP) is 1.04. The van der Waals surface area contributed by atoms with E-state index in [4.69, 9.17) is 18.9 Å². The maximum atomic E-state index is 12.2. The molecule has 3 aliphatic heterocycles. The van der Waals surface area contributed by atoms with Crippen molar-refractivity contribution in [3.05, 3.63) is 0 Å². The quantitative estimate of drug-likeness (QED) is 0.553. The second-order valence-electron chi connectivity index (χ2n) is 6.50. The summed E-state index contributed by atoms with van der Waals surface area (Å²) >= 11 is 0. The maximum Gasteiger partial charge on any atom is 0.200 e. The van der Waals surface area contributed by atoms with Gasteiger partial charge in [0.1, 0.15) is 18.3 Å². The zero-order valence-electron chi connectivity index (χ0n) is 11.6. The topological polar surface area (TPSA) is 57.3 Å². The first kappa shape index (κ1) is 12.3. The summed E-state index contributed by atoms with van der Waals surface area (Å²) in [5, 5.41) is 0. The Bertz CT molecular complexity index is 445. The molecular weight excluding hydrogens is 248 g/mol. The van der Waals surface area contributed by atoms with Crippen LogP contribution in [0.4, 0.5) is 0 Å². The molecule has 1 spiro atoms. The van der Waals surface area contributed by atoms with Crippen LogP contribution in [0.2, 0.25) is 0 Å². The normalized spacial score (nSPS) is 53.6. The summed E-state index contributed by atoms with van der Waals surface area (Å²) in [4.78, 5) is 12.2. The zero-order valence-corrected chi connectivity index (χ0v) is 11.6. The SMILES string of the molecule is COC1(OC)CCC[C@@]2(C)C[C@H]3O[C@@]12[C@H]1O[C@H]1C3=O. The van der Waals surface area contributed by atoms with Crippen LogP contribution in [0.15, 0.2) is 0 Å². The van der Waals surface area contributed by atoms with Gasteiger partial charge in [-0.2, -0.15) is 0 Å². The Morgan fingerprint density at radius 1 is 1.26 bits per heavy atom. The lowest BCUT2D eigenvalue weighted by molar-refractivity contribution is -0.350. The molecule has 3 saturated heterocycles. The van der Waals surface area contributed by atoms with E-state index in [0.29, 0.717) is 0 Å². The van der Waals surface area contributed by atoms with Crippen molar-refractivity contribution in [1.29, 1.82) is 0 Å². The molecule has 106 valence electrons. The van der Waals surface area contributed by atoms with E-state index >= 15 is 0 Å². The van der Waals surface area contributed by atoms with Crippen LogP contribution in [-0.4, -0.2) is 49.7 Å². The summed E-state index contributed by atoms with van der Waals surface area (Å²) in [5.74, 6) is -0.693. The van der Waals surface area contributed by atoms with Crippen LogP contribution in [0, 0.1) is 5.41 Å². The van der Waals surface area contributed by atoms with E-state index in [1.807, 2.05) is 0 Å². The molecule has 1 aliphatic carbocycles. The number of carbonyl (C=O) groups excluding carboxylic acids is 1. The molecule has 0 aromatic carbocycles. The average Bonchev–Trinajstić information content (AvgIpc) is 3.14. The summed E-state index contributed by atoms with van der Waals surface area (Å²) < 4.78 is 23.5. The zero-order chi connectivity index (χ0) is 13.5. The van der Waals surface area contributed by atoms with E-state index in [1.165, 1.54) is 0 Å². The fourth-order valence-corrected chi connectivity index (χ4v) is 4.90. The number of epoxide rings is 1. The molecule has 0 aromatic heterocycles. The number of fused-ring (bicyclic) bond motifs is 2. The Balaban J connectivity index is 1.89. The number of ether oxygens (including phenoxy) is 4. The van der Waals surface area contributed by atoms with Crippen LogP contribution < -0.4 is 0 Å². The minimum Gasteiger partial charge on any atom is -0.358 e. The van der Waals surface area contributed by atoms with Gasteiger partial charge in [-0.15, -0.1) is 0 Å². The molecule has 3 heterocycles. The first-order valence-corrected chi connectivity index (χ1v) is 7.01. The second-order valence-corrected chi connectivity index (χ2v) is 6.50. The average molecular weight is 268 g/mol. The molecule has 19 heavy (non-hydrogen) atoms. The standard InChI is InChI=1S/C14H20O5/c1-12-5-4-6-13(16-2,17-3)14(12)11-10(18-11)9(15)8(7-12)19-14/h8,10-11H,4-7H2,1-3H3/t8-,10+,11+,12+,14-/m1/s1. The second kappa shape index (κ2) is 3.39. The number of methoxy groups -OCH3 is 2. The predicted molar refractivity (Wildman–Crippen MR) is 64.6 cm³/mol. The van der Waals surface area contributed by atoms with Crippen molar-refractivity contribution in [2.24, 2.45) is 5.41 Å². The molecule has 0 amide bonds. The van der Waals surface area contributed by atoms with Gasteiger partial charge < -0.3 is 18.9 Å². The van der Waals surface area contributed by atoms with E-state index in [1.54, 1.807) is 14.2 Å². The molecule has 4 rings (SSSR count). The van der Waals surface area contributed by atoms with Crippen molar-refractivity contribution in [1.82, 2.24) is 0 Å². The van der Waals surface area contributed by atoms with Crippen LogP contribution in [0.25, 0.3) is 0 Å². The van der Waals surface area contributed by atoms with Gasteiger partial charge in [0.05, 0.1) is 0 Å². The third-order valence-electron chi connectivity index (χ3n) is 5.81. The monoisotopic (exact) mass is 268 g/mol. The highest BCUT2D eigenvalue weighted by Gasteiger charge is 2.83. The third kappa shape index (κ3) is 1.11. The molecule has 0 aromatic rings. The summed E-state index contributed by atoms with van der Waals surface area (Å²) in [5.41, 5.74) is -0.751. The lowest BCUT2D eigenvalue weighted by atomic mass is 9.59. The Hall–Kier alpha value is -0.490. The van der Waals surface area contributed by atoms with Gasteiger partial charge in [0, 0.05) is 26.1 Å². The number of hydrogen-bond donors (Lipinski definition) is 0. The smallest absolute Gasteiger partial charge is 0.200 e. The first-order chi connectivity index (χ1) is 9.03. The van der Waals surface area contributed by atoms with Gasteiger partial charge in [0.15, 0.2) is 17.2 Å². The molecule has 4 aliphatic rings. The van der Waals surface area contributed by atoms with E-state index < -0.39 is 11.4 Å². The van der Waals surface area contributed by atoms with Crippen LogP contribution >= 0.6 is 0 Å². The van der Waals surface area contributed by atoms with Crippen LogP contribution in [0.3, 0.4) is 0 Å². The van der Waals surface area contributed by atoms with Crippen molar-refractivity contribution in [3.63, 3.8) is 0 Å². The fraction of sp³-hybridized carbons (Fsp3) is 0.929. The van der Waals surface area contributed by atoms with Crippen molar-refractivity contribution in [2.45, 2.75) is 62.3 Å². The van der Waals surface area contributed by atoms with Gasteiger partial charge in [-0.05, 0) is 19.3 Å². The highest BCUT2D eigenvalue weighted by Crippen LogP contribution is 2.68. The molecular formula is C14H20O5. The lowest BCUT2D eigenvalue weighted by Gasteiger charge is -2.56. The lowest BCUT2D eigenvalue weighted by Crippen LogP contribution is -2.70. The van der Waals surface area contributed by atoms with Gasteiger partial charge >= 0.3 is 0 Å². The van der Waals surface area contributed by atoms with Crippen LogP contribution in [0.1, 0.15) is 32.6 Å². The van der Waals surface area contributed by atoms with Crippen molar-refractivity contribution in [2.75, 3.05) is 14.2 Å². The molecule has 2 bridgehead atoms.